The van der Waals surface area contributed by atoms with Crippen molar-refractivity contribution in [3.05, 3.63) is 212 Å². The fourth-order valence-corrected chi connectivity index (χ4v) is 33.3. The highest BCUT2D eigenvalue weighted by Gasteiger charge is 2.59. The highest BCUT2D eigenvalue weighted by atomic mass is 32.1. The van der Waals surface area contributed by atoms with Crippen LogP contribution in [-0.2, 0) is 16.2 Å². The number of fused-ring (bicyclic) bond motifs is 16. The maximum atomic E-state index is 7.90. The molecule has 0 spiro atoms. The minimum Gasteiger partial charge on any atom is -0.457 e. The molecule has 11 heteroatoms. The fraction of sp³-hybridized carbons (Fsp3) is 0.379. The quantitative estimate of drug-likeness (QED) is 0.167. The molecule has 2 aromatic heterocycles. The third kappa shape index (κ3) is 8.87. The van der Waals surface area contributed by atoms with E-state index in [1.165, 1.54) is 307 Å². The van der Waals surface area contributed by atoms with E-state index in [4.69, 9.17) is 9.47 Å². The van der Waals surface area contributed by atoms with E-state index >= 15 is 0 Å². The zero-order chi connectivity index (χ0) is 75.5. The lowest BCUT2D eigenvalue weighted by Crippen LogP contribution is -2.66. The number of nitrogens with zero attached hydrogens (tertiary/aromatic N) is 3. The first-order valence-electron chi connectivity index (χ1n) is 44.1. The molecule has 6 aliphatic heterocycles. The van der Waals surface area contributed by atoms with Crippen LogP contribution in [0.15, 0.2) is 146 Å². The number of anilines is 11. The smallest absolute Gasteiger partial charge is 0.268 e. The number of nitrogens with one attached hydrogen (secondary N) is 1. The molecule has 0 amide bonds. The second-order valence-electron chi connectivity index (χ2n) is 40.8. The van der Waals surface area contributed by atoms with E-state index in [2.05, 4.69) is 228 Å². The zero-order valence-electron chi connectivity index (χ0n) is 67.5. The van der Waals surface area contributed by atoms with Gasteiger partial charge >= 0.3 is 0 Å². The molecule has 0 saturated heterocycles. The Kier molecular flexibility index (Phi) is 13.2. The second kappa shape index (κ2) is 22.6. The van der Waals surface area contributed by atoms with Crippen LogP contribution in [0.2, 0.25) is 0 Å². The summed E-state index contributed by atoms with van der Waals surface area (Å²) >= 11 is 3.94. The molecular formula is C103H97B3N4O2S2. The Balaban J connectivity index is 0.775. The van der Waals surface area contributed by atoms with Crippen molar-refractivity contribution in [2.24, 2.45) is 53.3 Å². The van der Waals surface area contributed by atoms with Gasteiger partial charge in [0.2, 0.25) is 0 Å². The van der Waals surface area contributed by atoms with Gasteiger partial charge < -0.3 is 29.5 Å². The Labute approximate surface area is 680 Å². The van der Waals surface area contributed by atoms with Crippen LogP contribution >= 0.6 is 22.7 Å². The minimum absolute atomic E-state index is 0.0545. The van der Waals surface area contributed by atoms with Gasteiger partial charge in [-0.25, -0.2) is 0 Å². The maximum Gasteiger partial charge on any atom is 0.268 e. The van der Waals surface area contributed by atoms with Crippen molar-refractivity contribution in [2.75, 3.05) is 20.0 Å². The Morgan fingerprint density at radius 2 is 0.658 bits per heavy atom. The van der Waals surface area contributed by atoms with Crippen LogP contribution in [0.1, 0.15) is 182 Å². The molecule has 8 heterocycles. The molecule has 12 saturated carbocycles. The summed E-state index contributed by atoms with van der Waals surface area (Å²) in [6, 6.07) is 60.8. The molecule has 30 rings (SSSR count). The van der Waals surface area contributed by atoms with E-state index < -0.39 is 0 Å². The summed E-state index contributed by atoms with van der Waals surface area (Å²) in [5, 5.41) is 6.93. The molecule has 10 aromatic carbocycles. The first kappa shape index (κ1) is 66.3. The van der Waals surface area contributed by atoms with Gasteiger partial charge in [0.15, 0.2) is 0 Å². The molecule has 6 nitrogen and oxygen atoms in total. The molecule has 12 bridgehead atoms. The van der Waals surface area contributed by atoms with Gasteiger partial charge in [0.05, 0.1) is 17.1 Å². The predicted molar refractivity (Wildman–Crippen MR) is 480 cm³/mol. The molecule has 12 aliphatic carbocycles. The normalized spacial score (nSPS) is 28.1. The molecule has 1 N–H and O–H groups in total. The molecule has 0 radical (unpaired) electrons. The Morgan fingerprint density at radius 1 is 0.325 bits per heavy atom. The van der Waals surface area contributed by atoms with Crippen LogP contribution in [0.3, 0.4) is 0 Å². The van der Waals surface area contributed by atoms with Gasteiger partial charge in [-0.15, -0.1) is 22.7 Å². The Morgan fingerprint density at radius 3 is 1.07 bits per heavy atom. The molecule has 0 atom stereocenters. The van der Waals surface area contributed by atoms with Crippen molar-refractivity contribution in [3.63, 3.8) is 0 Å². The number of benzene rings is 10. The van der Waals surface area contributed by atoms with Crippen LogP contribution in [0.25, 0.3) is 20.2 Å². The van der Waals surface area contributed by atoms with E-state index in [-0.39, 0.29) is 36.4 Å². The number of rotatable bonds is 6. The molecule has 12 aromatic rings. The number of hydrogen-bond acceptors (Lipinski definition) is 8. The second-order valence-corrected chi connectivity index (χ2v) is 43.0. The third-order valence-corrected chi connectivity index (χ3v) is 35.7. The topological polar surface area (TPSA) is 40.2 Å². The average Bonchev–Trinajstić information content (AvgIpc) is 0.912. The van der Waals surface area contributed by atoms with Gasteiger partial charge in [0, 0.05) is 75.2 Å². The summed E-state index contributed by atoms with van der Waals surface area (Å²) in [5.74, 6) is 11.4. The van der Waals surface area contributed by atoms with E-state index in [0.717, 1.165) is 76.3 Å². The Bertz CT molecular complexity index is 6260. The van der Waals surface area contributed by atoms with Gasteiger partial charge in [0.25, 0.3) is 20.1 Å². The molecular weight excluding hydrogens is 1420 g/mol. The predicted octanol–water partition coefficient (Wildman–Crippen LogP) is 21.5. The minimum atomic E-state index is -0.177. The first-order valence-corrected chi connectivity index (χ1v) is 45.7. The number of aryl methyl sites for hydroxylation is 9. The van der Waals surface area contributed by atoms with Crippen LogP contribution < -0.4 is 77.3 Å². The molecule has 114 heavy (non-hydrogen) atoms. The van der Waals surface area contributed by atoms with Gasteiger partial charge in [-0.2, -0.15) is 0 Å². The van der Waals surface area contributed by atoms with Crippen molar-refractivity contribution in [1.82, 2.24) is 0 Å². The van der Waals surface area contributed by atoms with Crippen LogP contribution in [-0.4, -0.2) is 20.1 Å². The standard InChI is InChI=1S/C103H97B3N4O2S2/c1-52-18-55(4)94(56(5)19-52)108-81-41-79-75(105-91-80(107-79)33-70(101-43-61-24-62(44-101)26-63(25-61)45-101)37-87(91)111-97-73-14-10-12-16-89(73)113-99(97)105)39-76(81)104-77-40-78-83(42-82(77)109(95-57(6)20-53(2)21-58(95)7)85-35-71(34-84(108)92(85)104)102-46-64-27-65(47-102)29-66(28-64)48-102)110(96-59(8)22-54(3)23-60(96)9)86-36-72(103-49-67-30-68(50-103)32-69(31-67)51-103)38-88-93(86)106(78)100-98(112-88)74-15-11-13-17-90(74)114-100/h10-23,33-42,61-69,107H,24-32,43-51H2,1-9H3. The van der Waals surface area contributed by atoms with Crippen molar-refractivity contribution < 1.29 is 9.47 Å². The monoisotopic (exact) mass is 1520 g/mol. The Hall–Kier alpha value is -8.89. The van der Waals surface area contributed by atoms with E-state index in [1.807, 2.05) is 22.7 Å². The molecule has 562 valence electrons. The summed E-state index contributed by atoms with van der Waals surface area (Å²) in [7, 11) is 0. The van der Waals surface area contributed by atoms with Crippen molar-refractivity contribution in [3.8, 4) is 23.0 Å². The number of hydrogen-bond donors (Lipinski definition) is 1. The zero-order valence-corrected chi connectivity index (χ0v) is 69.1. The lowest BCUT2D eigenvalue weighted by molar-refractivity contribution is -0.00533. The fourth-order valence-electron chi connectivity index (χ4n) is 30.8. The molecule has 18 aliphatic rings. The summed E-state index contributed by atoms with van der Waals surface area (Å²) < 4.78 is 20.8. The van der Waals surface area contributed by atoms with Gasteiger partial charge in [0.1, 0.15) is 23.0 Å². The largest absolute Gasteiger partial charge is 0.457 e. The first-order chi connectivity index (χ1) is 55.4. The number of thiophene rings is 2. The van der Waals surface area contributed by atoms with Crippen LogP contribution in [0.5, 0.6) is 23.0 Å². The van der Waals surface area contributed by atoms with Crippen molar-refractivity contribution >= 4 is 173 Å². The molecule has 12 fully saturated rings. The average molecular weight is 1520 g/mol. The maximum absolute atomic E-state index is 7.90. The van der Waals surface area contributed by atoms with E-state index in [9.17, 15) is 0 Å². The summed E-state index contributed by atoms with van der Waals surface area (Å²) in [6.07, 6.45) is 24.3. The highest BCUT2D eigenvalue weighted by molar-refractivity contribution is 7.34. The summed E-state index contributed by atoms with van der Waals surface area (Å²) in [5.41, 5.74) is 40.6. The van der Waals surface area contributed by atoms with Gasteiger partial charge in [-0.1, -0.05) is 89.5 Å². The number of ether oxygens (including phenoxy) is 2. The SMILES string of the molecule is Cc1cc(C)c(N2c3cc4c(cc3B3c5sc6ccccc6c5Oc5cc(C67CC8CC(CC(C8)C6)C7)cc2c53)B2c3cc5c(cc3N(c3c(C)cc(C)cc3C)c3cc(C67CC8CC(CC(C8)C6)C7)cc(c32)N4c2c(C)cc(C)cc2C)Nc2cc(C34CC6CC(CC(C6)C3)C4)cc3c2B5c2sc4ccccc4c2O3)c(C)c1. The molecule has 0 unspecified atom stereocenters. The summed E-state index contributed by atoms with van der Waals surface area (Å²) in [6.45, 7) is 21.1. The lowest BCUT2D eigenvalue weighted by Gasteiger charge is -2.57. The van der Waals surface area contributed by atoms with Crippen LogP contribution in [0, 0.1) is 116 Å². The van der Waals surface area contributed by atoms with Crippen LogP contribution in [0.4, 0.5) is 62.6 Å². The third-order valence-electron chi connectivity index (χ3n) is 33.2. The van der Waals surface area contributed by atoms with Crippen molar-refractivity contribution in [2.45, 2.75) is 194 Å². The van der Waals surface area contributed by atoms with Crippen molar-refractivity contribution in [1.29, 1.82) is 0 Å². The van der Waals surface area contributed by atoms with E-state index in [0.29, 0.717) is 0 Å². The van der Waals surface area contributed by atoms with Gasteiger partial charge in [-0.05, 0) is 409 Å². The van der Waals surface area contributed by atoms with Gasteiger partial charge in [-0.3, -0.25) is 0 Å². The highest BCUT2D eigenvalue weighted by Crippen LogP contribution is 2.66. The summed E-state index contributed by atoms with van der Waals surface area (Å²) in [4.78, 5) is 8.60. The van der Waals surface area contributed by atoms with E-state index in [1.54, 1.807) is 5.56 Å². The lowest BCUT2D eigenvalue weighted by atomic mass is 9.30.